The van der Waals surface area contributed by atoms with E-state index in [1.807, 2.05) is 68.4 Å². The number of nitrogens with one attached hydrogen (secondary N) is 1. The Morgan fingerprint density at radius 1 is 1.05 bits per heavy atom. The molecule has 0 amide bonds. The Balaban J connectivity index is 2.09. The molecule has 0 aliphatic rings. The van der Waals surface area contributed by atoms with Gasteiger partial charge in [-0.3, -0.25) is 4.79 Å². The molecule has 0 radical (unpaired) electrons. The average Bonchev–Trinajstić information content (AvgIpc) is 2.39. The number of aryl methyl sites for hydroxylation is 1. The molecule has 2 aromatic rings. The molecule has 0 atom stereocenters. The zero-order valence-corrected chi connectivity index (χ0v) is 11.2. The number of ketones is 1. The van der Waals surface area contributed by atoms with Gasteiger partial charge in [-0.15, -0.1) is 0 Å². The normalized spacial score (nSPS) is 11.2. The molecule has 0 fully saturated rings. The number of allylic oxidation sites excluding steroid dienone is 2. The first kappa shape index (κ1) is 13.1. The van der Waals surface area contributed by atoms with Crippen LogP contribution >= 0.6 is 0 Å². The molecule has 0 aromatic heterocycles. The van der Waals surface area contributed by atoms with E-state index < -0.39 is 0 Å². The number of benzene rings is 2. The largest absolute Gasteiger partial charge is 0.359 e. The second kappa shape index (κ2) is 6.01. The van der Waals surface area contributed by atoms with Crippen molar-refractivity contribution < 1.29 is 4.79 Å². The fraction of sp³-hybridized carbons (Fsp3) is 0.118. The van der Waals surface area contributed by atoms with E-state index in [0.717, 1.165) is 11.4 Å². The number of carbonyl (C=O) groups is 1. The molecule has 0 saturated carbocycles. The van der Waals surface area contributed by atoms with Crippen molar-refractivity contribution in [1.29, 1.82) is 0 Å². The highest BCUT2D eigenvalue weighted by Gasteiger charge is 2.02. The first-order chi connectivity index (χ1) is 9.15. The van der Waals surface area contributed by atoms with Crippen LogP contribution in [0.2, 0.25) is 0 Å². The Morgan fingerprint density at radius 2 is 1.79 bits per heavy atom. The maximum Gasteiger partial charge on any atom is 0.187 e. The molecule has 0 aliphatic carbocycles. The van der Waals surface area contributed by atoms with Gasteiger partial charge >= 0.3 is 0 Å². The number of rotatable bonds is 4. The van der Waals surface area contributed by atoms with Crippen molar-refractivity contribution in [3.8, 4) is 0 Å². The zero-order chi connectivity index (χ0) is 13.7. The topological polar surface area (TPSA) is 29.1 Å². The van der Waals surface area contributed by atoms with E-state index in [2.05, 4.69) is 5.32 Å². The Labute approximate surface area is 113 Å². The van der Waals surface area contributed by atoms with Crippen LogP contribution in [0.15, 0.2) is 66.4 Å². The van der Waals surface area contributed by atoms with Crippen LogP contribution in [0.5, 0.6) is 0 Å². The highest BCUT2D eigenvalue weighted by Crippen LogP contribution is 2.12. The zero-order valence-electron chi connectivity index (χ0n) is 11.2. The van der Waals surface area contributed by atoms with Crippen molar-refractivity contribution in [2.45, 2.75) is 13.8 Å². The van der Waals surface area contributed by atoms with E-state index in [0.29, 0.717) is 5.56 Å². The summed E-state index contributed by atoms with van der Waals surface area (Å²) in [6.45, 7) is 3.93. The Kier molecular flexibility index (Phi) is 4.14. The lowest BCUT2D eigenvalue weighted by Gasteiger charge is -2.07. The van der Waals surface area contributed by atoms with Crippen molar-refractivity contribution in [3.05, 3.63) is 77.5 Å². The van der Waals surface area contributed by atoms with Crippen LogP contribution in [0.4, 0.5) is 5.69 Å². The van der Waals surface area contributed by atoms with E-state index in [9.17, 15) is 4.79 Å². The summed E-state index contributed by atoms with van der Waals surface area (Å²) in [6, 6.07) is 17.3. The number of anilines is 1. The van der Waals surface area contributed by atoms with Crippen molar-refractivity contribution in [1.82, 2.24) is 0 Å². The SMILES string of the molecule is CC(=CC(=O)c1ccccc1)Nc1cccc(C)c1. The first-order valence-corrected chi connectivity index (χ1v) is 6.26. The molecule has 0 heterocycles. The van der Waals surface area contributed by atoms with Crippen LogP contribution in [-0.4, -0.2) is 5.78 Å². The minimum absolute atomic E-state index is 0.0123. The van der Waals surface area contributed by atoms with Crippen molar-refractivity contribution in [3.63, 3.8) is 0 Å². The number of hydrogen-bond donors (Lipinski definition) is 1. The van der Waals surface area contributed by atoms with Gasteiger partial charge in [-0.1, -0.05) is 42.5 Å². The molecule has 19 heavy (non-hydrogen) atoms. The number of hydrogen-bond acceptors (Lipinski definition) is 2. The minimum Gasteiger partial charge on any atom is -0.359 e. The molecule has 0 aliphatic heterocycles. The van der Waals surface area contributed by atoms with Gasteiger partial charge in [-0.25, -0.2) is 0 Å². The van der Waals surface area contributed by atoms with Crippen molar-refractivity contribution >= 4 is 11.5 Å². The van der Waals surface area contributed by atoms with E-state index >= 15 is 0 Å². The van der Waals surface area contributed by atoms with Gasteiger partial charge in [0.25, 0.3) is 0 Å². The van der Waals surface area contributed by atoms with E-state index in [4.69, 9.17) is 0 Å². The quantitative estimate of drug-likeness (QED) is 0.652. The summed E-state index contributed by atoms with van der Waals surface area (Å²) in [5, 5.41) is 3.22. The highest BCUT2D eigenvalue weighted by atomic mass is 16.1. The summed E-state index contributed by atoms with van der Waals surface area (Å²) in [5.41, 5.74) is 3.72. The predicted molar refractivity (Wildman–Crippen MR) is 79.3 cm³/mol. The lowest BCUT2D eigenvalue weighted by atomic mass is 10.1. The summed E-state index contributed by atoms with van der Waals surface area (Å²) in [6.07, 6.45) is 1.62. The van der Waals surface area contributed by atoms with Crippen molar-refractivity contribution in [2.75, 3.05) is 5.32 Å². The van der Waals surface area contributed by atoms with Gasteiger partial charge in [0.2, 0.25) is 0 Å². The van der Waals surface area contributed by atoms with Gasteiger partial charge in [-0.2, -0.15) is 0 Å². The molecule has 2 rings (SSSR count). The maximum atomic E-state index is 12.0. The van der Waals surface area contributed by atoms with Crippen LogP contribution in [-0.2, 0) is 0 Å². The fourth-order valence-corrected chi connectivity index (χ4v) is 1.87. The van der Waals surface area contributed by atoms with Crippen LogP contribution in [0.3, 0.4) is 0 Å². The van der Waals surface area contributed by atoms with Crippen LogP contribution in [0.1, 0.15) is 22.8 Å². The van der Waals surface area contributed by atoms with Crippen LogP contribution in [0.25, 0.3) is 0 Å². The van der Waals surface area contributed by atoms with Crippen LogP contribution in [0, 0.1) is 6.92 Å². The molecule has 0 saturated heterocycles. The van der Waals surface area contributed by atoms with Crippen molar-refractivity contribution in [2.24, 2.45) is 0 Å². The van der Waals surface area contributed by atoms with Gasteiger partial charge in [0.15, 0.2) is 5.78 Å². The Morgan fingerprint density at radius 3 is 2.47 bits per heavy atom. The fourth-order valence-electron chi connectivity index (χ4n) is 1.87. The Bertz CT molecular complexity index is 600. The molecule has 0 spiro atoms. The van der Waals surface area contributed by atoms with E-state index in [1.165, 1.54) is 5.56 Å². The third-order valence-corrected chi connectivity index (χ3v) is 2.77. The predicted octanol–water partition coefficient (Wildman–Crippen LogP) is 4.19. The standard InChI is InChI=1S/C17H17NO/c1-13-7-6-10-16(11-13)18-14(2)12-17(19)15-8-4-3-5-9-15/h3-12,18H,1-2H3. The van der Waals surface area contributed by atoms with Gasteiger partial charge in [0, 0.05) is 23.0 Å². The Hall–Kier alpha value is -2.35. The molecule has 2 heteroatoms. The van der Waals surface area contributed by atoms with Gasteiger partial charge in [0.1, 0.15) is 0 Å². The summed E-state index contributed by atoms with van der Waals surface area (Å²) >= 11 is 0. The number of carbonyl (C=O) groups excluding carboxylic acids is 1. The molecular formula is C17H17NO. The van der Waals surface area contributed by atoms with Gasteiger partial charge in [0.05, 0.1) is 0 Å². The second-order valence-corrected chi connectivity index (χ2v) is 4.55. The van der Waals surface area contributed by atoms with Gasteiger partial charge in [-0.05, 0) is 31.5 Å². The molecule has 96 valence electrons. The third kappa shape index (κ3) is 3.81. The lowest BCUT2D eigenvalue weighted by Crippen LogP contribution is -2.01. The average molecular weight is 251 g/mol. The summed E-state index contributed by atoms with van der Waals surface area (Å²) in [4.78, 5) is 12.0. The third-order valence-electron chi connectivity index (χ3n) is 2.77. The summed E-state index contributed by atoms with van der Waals surface area (Å²) in [5.74, 6) is 0.0123. The van der Waals surface area contributed by atoms with E-state index in [1.54, 1.807) is 6.08 Å². The molecular weight excluding hydrogens is 234 g/mol. The molecule has 2 nitrogen and oxygen atoms in total. The monoisotopic (exact) mass is 251 g/mol. The maximum absolute atomic E-state index is 12.0. The summed E-state index contributed by atoms with van der Waals surface area (Å²) < 4.78 is 0. The minimum atomic E-state index is 0.0123. The summed E-state index contributed by atoms with van der Waals surface area (Å²) in [7, 11) is 0. The first-order valence-electron chi connectivity index (χ1n) is 6.26. The molecule has 2 aromatic carbocycles. The van der Waals surface area contributed by atoms with Gasteiger partial charge < -0.3 is 5.32 Å². The molecule has 1 N–H and O–H groups in total. The van der Waals surface area contributed by atoms with E-state index in [-0.39, 0.29) is 5.78 Å². The molecule has 0 unspecified atom stereocenters. The van der Waals surface area contributed by atoms with Crippen LogP contribution < -0.4 is 5.32 Å². The smallest absolute Gasteiger partial charge is 0.187 e. The second-order valence-electron chi connectivity index (χ2n) is 4.55. The highest BCUT2D eigenvalue weighted by molar-refractivity contribution is 6.05. The molecule has 0 bridgehead atoms. The lowest BCUT2D eigenvalue weighted by molar-refractivity contribution is 0.104.